The average Bonchev–Trinajstić information content (AvgIpc) is 2.79. The van der Waals surface area contributed by atoms with Crippen molar-refractivity contribution in [3.63, 3.8) is 0 Å². The summed E-state index contributed by atoms with van der Waals surface area (Å²) in [5.74, 6) is -1.15. The second kappa shape index (κ2) is 10.8. The fourth-order valence-electron chi connectivity index (χ4n) is 4.00. The minimum Gasteiger partial charge on any atom is -0.382 e. The van der Waals surface area contributed by atoms with E-state index in [1.807, 2.05) is 0 Å². The van der Waals surface area contributed by atoms with Gasteiger partial charge in [0.05, 0.1) is 24.3 Å². The van der Waals surface area contributed by atoms with Crippen LogP contribution in [0.4, 0.5) is 32.0 Å². The molecule has 1 heterocycles. The molecule has 194 valence electrons. The number of carbonyl (C=O) groups excluding carboxylic acids is 1. The van der Waals surface area contributed by atoms with Gasteiger partial charge in [-0.1, -0.05) is 17.8 Å². The van der Waals surface area contributed by atoms with Crippen molar-refractivity contribution in [1.29, 1.82) is 0 Å². The summed E-state index contributed by atoms with van der Waals surface area (Å²) < 4.78 is 89.6. The van der Waals surface area contributed by atoms with Crippen molar-refractivity contribution in [3.8, 4) is 0 Å². The molecule has 2 aliphatic rings. The van der Waals surface area contributed by atoms with Gasteiger partial charge in [-0.3, -0.25) is 4.79 Å². The van der Waals surface area contributed by atoms with Gasteiger partial charge < -0.3 is 15.0 Å². The topological polar surface area (TPSA) is 41.6 Å². The van der Waals surface area contributed by atoms with Gasteiger partial charge in [-0.05, 0) is 49.6 Å². The number of nitrogens with zero attached hydrogens (tertiary/aromatic N) is 1. The van der Waals surface area contributed by atoms with Crippen LogP contribution in [0.1, 0.15) is 40.7 Å². The Morgan fingerprint density at radius 1 is 1.00 bits per heavy atom. The van der Waals surface area contributed by atoms with E-state index in [9.17, 15) is 31.1 Å². The number of carbonyl (C=O) groups is 1. The van der Waals surface area contributed by atoms with Crippen molar-refractivity contribution in [2.45, 2.75) is 47.4 Å². The Morgan fingerprint density at radius 3 is 2.31 bits per heavy atom. The second-order valence-corrected chi connectivity index (χ2v) is 9.70. The number of morpholine rings is 1. The van der Waals surface area contributed by atoms with E-state index >= 15 is 0 Å². The van der Waals surface area contributed by atoms with Gasteiger partial charge in [0.15, 0.2) is 5.78 Å². The number of nitrogens with one attached hydrogen (secondary N) is 1. The van der Waals surface area contributed by atoms with Crippen LogP contribution in [0.25, 0.3) is 0 Å². The van der Waals surface area contributed by atoms with E-state index in [1.165, 1.54) is 12.3 Å². The third-order valence-electron chi connectivity index (χ3n) is 6.02. The van der Waals surface area contributed by atoms with Crippen molar-refractivity contribution < 1.29 is 35.9 Å². The average molecular weight is 531 g/mol. The van der Waals surface area contributed by atoms with Crippen LogP contribution in [-0.2, 0) is 17.1 Å². The fraction of sp³-hybridized carbons (Fsp3) is 0.400. The van der Waals surface area contributed by atoms with Crippen molar-refractivity contribution in [2.75, 3.05) is 31.6 Å². The smallest absolute Gasteiger partial charge is 0.382 e. The molecule has 11 heteroatoms. The van der Waals surface area contributed by atoms with E-state index < -0.39 is 39.7 Å². The lowest BCUT2D eigenvalue weighted by Gasteiger charge is -2.27. The quantitative estimate of drug-likeness (QED) is 0.241. The van der Waals surface area contributed by atoms with Crippen molar-refractivity contribution in [2.24, 2.45) is 0 Å². The van der Waals surface area contributed by atoms with E-state index in [0.717, 1.165) is 37.5 Å². The van der Waals surface area contributed by atoms with Gasteiger partial charge in [0.25, 0.3) is 0 Å². The number of allylic oxidation sites excluding steroid dienone is 1. The zero-order chi connectivity index (χ0) is 25.9. The molecular weight excluding hydrogens is 506 g/mol. The Bertz CT molecular complexity index is 1120. The van der Waals surface area contributed by atoms with Gasteiger partial charge in [0.2, 0.25) is 0 Å². The minimum atomic E-state index is -5.40. The number of ether oxygens (including phenoxy) is 1. The van der Waals surface area contributed by atoms with Crippen LogP contribution in [0.3, 0.4) is 0 Å². The number of alkyl halides is 6. The van der Waals surface area contributed by atoms with Gasteiger partial charge in [-0.2, -0.15) is 26.3 Å². The summed E-state index contributed by atoms with van der Waals surface area (Å²) in [6, 6.07) is 8.58. The van der Waals surface area contributed by atoms with E-state index in [0.29, 0.717) is 48.6 Å². The Kier molecular flexibility index (Phi) is 7.89. The molecule has 36 heavy (non-hydrogen) atoms. The highest BCUT2D eigenvalue weighted by atomic mass is 32.2. The molecule has 0 unspecified atom stereocenters. The maximum absolute atomic E-state index is 14.1. The van der Waals surface area contributed by atoms with Crippen molar-refractivity contribution in [1.82, 2.24) is 4.90 Å². The van der Waals surface area contributed by atoms with Crippen LogP contribution >= 0.6 is 11.8 Å². The number of halogens is 6. The Morgan fingerprint density at radius 2 is 1.69 bits per heavy atom. The summed E-state index contributed by atoms with van der Waals surface area (Å²) in [5, 5.41) is 3.27. The second-order valence-electron chi connectivity index (χ2n) is 8.59. The third kappa shape index (κ3) is 6.36. The molecule has 1 saturated carbocycles. The van der Waals surface area contributed by atoms with Crippen molar-refractivity contribution in [3.05, 3.63) is 65.4 Å². The molecule has 2 fully saturated rings. The predicted octanol–water partition coefficient (Wildman–Crippen LogP) is 6.87. The lowest BCUT2D eigenvalue weighted by atomic mass is 9.93. The largest absolute Gasteiger partial charge is 0.418 e. The maximum atomic E-state index is 14.1. The number of benzene rings is 2. The van der Waals surface area contributed by atoms with Crippen LogP contribution in [0.15, 0.2) is 58.5 Å². The predicted molar refractivity (Wildman–Crippen MR) is 124 cm³/mol. The monoisotopic (exact) mass is 530 g/mol. The Balaban J connectivity index is 1.69. The van der Waals surface area contributed by atoms with Gasteiger partial charge >= 0.3 is 12.4 Å². The van der Waals surface area contributed by atoms with Crippen LogP contribution in [0.5, 0.6) is 0 Å². The molecule has 2 aromatic carbocycles. The first-order valence-corrected chi connectivity index (χ1v) is 12.2. The standard InChI is InChI=1S/C25H24F6N2O2S/c26-24(27,28)22-19(20(34)9-10-33-11-13-35-14-12-33)7-8-21(23(22)25(29,30)31)36-18-6-2-5-17(15-18)32-16-3-1-4-16/h2,5-10,15-16,32H,1,3-4,11-14H2. The maximum Gasteiger partial charge on any atom is 0.418 e. The number of rotatable bonds is 7. The highest BCUT2D eigenvalue weighted by Gasteiger charge is 2.47. The summed E-state index contributed by atoms with van der Waals surface area (Å²) in [7, 11) is 0. The van der Waals surface area contributed by atoms with Gasteiger partial charge in [0, 0.05) is 52.4 Å². The van der Waals surface area contributed by atoms with E-state index in [4.69, 9.17) is 4.74 Å². The molecule has 0 radical (unpaired) electrons. The van der Waals surface area contributed by atoms with Crippen molar-refractivity contribution >= 4 is 23.2 Å². The molecule has 0 aromatic heterocycles. The molecule has 1 N–H and O–H groups in total. The molecule has 1 aliphatic carbocycles. The van der Waals surface area contributed by atoms with Gasteiger partial charge in [-0.15, -0.1) is 0 Å². The zero-order valence-corrected chi connectivity index (χ0v) is 19.9. The lowest BCUT2D eigenvalue weighted by molar-refractivity contribution is -0.163. The molecule has 4 nitrogen and oxygen atoms in total. The molecule has 0 amide bonds. The van der Waals surface area contributed by atoms with Gasteiger partial charge in [0.1, 0.15) is 0 Å². The Hall–Kier alpha value is -2.66. The summed E-state index contributed by atoms with van der Waals surface area (Å²) in [5.41, 5.74) is -4.18. The SMILES string of the molecule is O=C(C=CN1CCOCC1)c1ccc(Sc2cccc(NC3CCC3)c2)c(C(F)(F)F)c1C(F)(F)F. The van der Waals surface area contributed by atoms with Crippen LogP contribution in [-0.4, -0.2) is 43.0 Å². The number of anilines is 1. The van der Waals surface area contributed by atoms with Crippen LogP contribution in [0.2, 0.25) is 0 Å². The first-order valence-electron chi connectivity index (χ1n) is 11.4. The highest BCUT2D eigenvalue weighted by Crippen LogP contribution is 2.48. The van der Waals surface area contributed by atoms with E-state index in [2.05, 4.69) is 5.32 Å². The van der Waals surface area contributed by atoms with Gasteiger partial charge in [-0.25, -0.2) is 0 Å². The first-order chi connectivity index (χ1) is 17.0. The number of ketones is 1. The zero-order valence-electron chi connectivity index (χ0n) is 19.1. The molecular formula is C25H24F6N2O2S. The highest BCUT2D eigenvalue weighted by molar-refractivity contribution is 7.99. The summed E-state index contributed by atoms with van der Waals surface area (Å²) in [4.78, 5) is 14.0. The molecule has 1 saturated heterocycles. The number of hydrogen-bond acceptors (Lipinski definition) is 5. The first kappa shape index (κ1) is 26.4. The third-order valence-corrected chi connectivity index (χ3v) is 7.07. The van der Waals surface area contributed by atoms with Crippen LogP contribution < -0.4 is 5.32 Å². The lowest BCUT2D eigenvalue weighted by Crippen LogP contribution is -2.32. The molecule has 0 atom stereocenters. The summed E-state index contributed by atoms with van der Waals surface area (Å²) in [6.45, 7) is 1.61. The minimum absolute atomic E-state index is 0.281. The van der Waals surface area contributed by atoms with E-state index in [-0.39, 0.29) is 6.04 Å². The normalized spacial score (nSPS) is 17.3. The molecule has 1 aliphatic heterocycles. The Labute approximate surface area is 208 Å². The molecule has 0 bridgehead atoms. The summed E-state index contributed by atoms with van der Waals surface area (Å²) in [6.07, 6.45) is -5.50. The fourth-order valence-corrected chi connectivity index (χ4v) is 5.05. The van der Waals surface area contributed by atoms with Crippen LogP contribution in [0, 0.1) is 0 Å². The van der Waals surface area contributed by atoms with E-state index in [1.54, 1.807) is 23.1 Å². The molecule has 4 rings (SSSR count). The molecule has 0 spiro atoms. The molecule has 2 aromatic rings. The summed E-state index contributed by atoms with van der Waals surface area (Å²) >= 11 is 0.583. The number of hydrogen-bond donors (Lipinski definition) is 1.